The zero-order chi connectivity index (χ0) is 14.2. The molecular formula is C15H23N3OS. The lowest BCUT2D eigenvalue weighted by Gasteiger charge is -2.27. The van der Waals surface area contributed by atoms with Crippen LogP contribution in [-0.4, -0.2) is 49.4 Å². The SMILES string of the molecule is C[C@@H](NC(=S)NCCN1CCOCC1)c1ccccc1. The summed E-state index contributed by atoms with van der Waals surface area (Å²) in [4.78, 5) is 2.39. The van der Waals surface area contributed by atoms with E-state index in [0.29, 0.717) is 0 Å². The number of nitrogens with zero attached hydrogens (tertiary/aromatic N) is 1. The minimum absolute atomic E-state index is 0.222. The van der Waals surface area contributed by atoms with Crippen LogP contribution in [0.25, 0.3) is 0 Å². The molecule has 5 heteroatoms. The highest BCUT2D eigenvalue weighted by Gasteiger charge is 2.10. The molecule has 1 saturated heterocycles. The van der Waals surface area contributed by atoms with Gasteiger partial charge in [0.25, 0.3) is 0 Å². The summed E-state index contributed by atoms with van der Waals surface area (Å²) in [6, 6.07) is 10.5. The topological polar surface area (TPSA) is 36.5 Å². The molecular weight excluding hydrogens is 270 g/mol. The lowest BCUT2D eigenvalue weighted by Crippen LogP contribution is -2.44. The van der Waals surface area contributed by atoms with E-state index in [4.69, 9.17) is 17.0 Å². The Bertz CT molecular complexity index is 407. The number of hydrogen-bond acceptors (Lipinski definition) is 3. The highest BCUT2D eigenvalue weighted by atomic mass is 32.1. The second kappa shape index (κ2) is 8.19. The monoisotopic (exact) mass is 293 g/mol. The maximum Gasteiger partial charge on any atom is 0.166 e. The Morgan fingerprint density at radius 1 is 1.30 bits per heavy atom. The molecule has 0 aliphatic carbocycles. The van der Waals surface area contributed by atoms with E-state index in [0.717, 1.165) is 44.5 Å². The van der Waals surface area contributed by atoms with Crippen molar-refractivity contribution in [2.45, 2.75) is 13.0 Å². The maximum atomic E-state index is 5.33. The Labute approximate surface area is 126 Å². The summed E-state index contributed by atoms with van der Waals surface area (Å²) < 4.78 is 5.33. The predicted octanol–water partition coefficient (Wildman–Crippen LogP) is 1.54. The van der Waals surface area contributed by atoms with E-state index < -0.39 is 0 Å². The third-order valence-electron chi connectivity index (χ3n) is 3.46. The van der Waals surface area contributed by atoms with Gasteiger partial charge in [-0.1, -0.05) is 30.3 Å². The molecule has 1 aliphatic rings. The third kappa shape index (κ3) is 5.07. The molecule has 2 N–H and O–H groups in total. The molecule has 20 heavy (non-hydrogen) atoms. The second-order valence-electron chi connectivity index (χ2n) is 4.99. The van der Waals surface area contributed by atoms with Crippen LogP contribution in [0.2, 0.25) is 0 Å². The number of thiocarbonyl (C=S) groups is 1. The molecule has 0 spiro atoms. The van der Waals surface area contributed by atoms with Crippen LogP contribution in [0.4, 0.5) is 0 Å². The van der Waals surface area contributed by atoms with E-state index >= 15 is 0 Å². The van der Waals surface area contributed by atoms with Crippen LogP contribution in [0.1, 0.15) is 18.5 Å². The average molecular weight is 293 g/mol. The van der Waals surface area contributed by atoms with Crippen LogP contribution in [0, 0.1) is 0 Å². The highest BCUT2D eigenvalue weighted by molar-refractivity contribution is 7.80. The van der Waals surface area contributed by atoms with Crippen molar-refractivity contribution in [3.63, 3.8) is 0 Å². The molecule has 1 aromatic rings. The van der Waals surface area contributed by atoms with Gasteiger partial charge in [0.1, 0.15) is 0 Å². The molecule has 1 atom stereocenters. The molecule has 0 saturated carbocycles. The minimum atomic E-state index is 0.222. The average Bonchev–Trinajstić information content (AvgIpc) is 2.49. The molecule has 1 fully saturated rings. The van der Waals surface area contributed by atoms with Gasteiger partial charge in [0, 0.05) is 26.2 Å². The van der Waals surface area contributed by atoms with Gasteiger partial charge in [-0.25, -0.2) is 0 Å². The Balaban J connectivity index is 1.65. The Hall–Kier alpha value is -1.17. The van der Waals surface area contributed by atoms with E-state index in [-0.39, 0.29) is 6.04 Å². The summed E-state index contributed by atoms with van der Waals surface area (Å²) in [5.74, 6) is 0. The number of ether oxygens (including phenoxy) is 1. The van der Waals surface area contributed by atoms with Crippen molar-refractivity contribution in [1.29, 1.82) is 0 Å². The molecule has 1 heterocycles. The number of rotatable bonds is 5. The van der Waals surface area contributed by atoms with E-state index in [1.165, 1.54) is 5.56 Å². The largest absolute Gasteiger partial charge is 0.379 e. The minimum Gasteiger partial charge on any atom is -0.379 e. The standard InChI is InChI=1S/C15H23N3OS/c1-13(14-5-3-2-4-6-14)17-15(20)16-7-8-18-9-11-19-12-10-18/h2-6,13H,7-12H2,1H3,(H2,16,17,20)/t13-/m1/s1. The van der Waals surface area contributed by atoms with E-state index in [9.17, 15) is 0 Å². The predicted molar refractivity (Wildman–Crippen MR) is 85.9 cm³/mol. The van der Waals surface area contributed by atoms with Crippen LogP contribution in [0.3, 0.4) is 0 Å². The smallest absolute Gasteiger partial charge is 0.166 e. The molecule has 0 bridgehead atoms. The van der Waals surface area contributed by atoms with E-state index in [1.54, 1.807) is 0 Å². The van der Waals surface area contributed by atoms with Crippen LogP contribution in [0.15, 0.2) is 30.3 Å². The summed E-state index contributed by atoms with van der Waals surface area (Å²) in [5.41, 5.74) is 1.24. The Morgan fingerprint density at radius 3 is 2.70 bits per heavy atom. The van der Waals surface area contributed by atoms with Crippen molar-refractivity contribution in [2.24, 2.45) is 0 Å². The summed E-state index contributed by atoms with van der Waals surface area (Å²) in [6.07, 6.45) is 0. The van der Waals surface area contributed by atoms with Gasteiger partial charge in [-0.2, -0.15) is 0 Å². The van der Waals surface area contributed by atoms with Gasteiger partial charge in [-0.3, -0.25) is 4.90 Å². The first-order valence-corrected chi connectivity index (χ1v) is 7.56. The van der Waals surface area contributed by atoms with E-state index in [1.807, 2.05) is 18.2 Å². The van der Waals surface area contributed by atoms with Crippen molar-refractivity contribution in [1.82, 2.24) is 15.5 Å². The molecule has 1 aromatic carbocycles. The first-order chi connectivity index (χ1) is 9.75. The second-order valence-corrected chi connectivity index (χ2v) is 5.39. The van der Waals surface area contributed by atoms with Crippen molar-refractivity contribution in [2.75, 3.05) is 39.4 Å². The quantitative estimate of drug-likeness (QED) is 0.806. The lowest BCUT2D eigenvalue weighted by atomic mass is 10.1. The van der Waals surface area contributed by atoms with Crippen molar-refractivity contribution < 1.29 is 4.74 Å². The summed E-state index contributed by atoms with van der Waals surface area (Å²) >= 11 is 5.33. The highest BCUT2D eigenvalue weighted by Crippen LogP contribution is 2.10. The van der Waals surface area contributed by atoms with Crippen LogP contribution in [-0.2, 0) is 4.74 Å². The first-order valence-electron chi connectivity index (χ1n) is 7.15. The molecule has 1 aliphatic heterocycles. The van der Waals surface area contributed by atoms with Gasteiger partial charge in [-0.05, 0) is 24.7 Å². The Kier molecular flexibility index (Phi) is 6.24. The molecule has 0 unspecified atom stereocenters. The zero-order valence-corrected chi connectivity index (χ0v) is 12.8. The molecule has 110 valence electrons. The summed E-state index contributed by atoms with van der Waals surface area (Å²) in [6.45, 7) is 7.70. The number of nitrogens with one attached hydrogen (secondary N) is 2. The lowest BCUT2D eigenvalue weighted by molar-refractivity contribution is 0.0389. The number of benzene rings is 1. The van der Waals surface area contributed by atoms with E-state index in [2.05, 4.69) is 34.6 Å². The summed E-state index contributed by atoms with van der Waals surface area (Å²) in [5, 5.41) is 7.30. The number of hydrogen-bond donors (Lipinski definition) is 2. The molecule has 4 nitrogen and oxygen atoms in total. The summed E-state index contributed by atoms with van der Waals surface area (Å²) in [7, 11) is 0. The van der Waals surface area contributed by atoms with Gasteiger partial charge >= 0.3 is 0 Å². The fourth-order valence-electron chi connectivity index (χ4n) is 2.23. The van der Waals surface area contributed by atoms with Gasteiger partial charge < -0.3 is 15.4 Å². The van der Waals surface area contributed by atoms with Gasteiger partial charge in [0.2, 0.25) is 0 Å². The maximum absolute atomic E-state index is 5.33. The third-order valence-corrected chi connectivity index (χ3v) is 3.73. The molecule has 2 rings (SSSR count). The Morgan fingerprint density at radius 2 is 2.00 bits per heavy atom. The fraction of sp³-hybridized carbons (Fsp3) is 0.533. The zero-order valence-electron chi connectivity index (χ0n) is 12.0. The van der Waals surface area contributed by atoms with Crippen LogP contribution in [0.5, 0.6) is 0 Å². The van der Waals surface area contributed by atoms with Crippen LogP contribution < -0.4 is 10.6 Å². The van der Waals surface area contributed by atoms with Gasteiger partial charge in [0.15, 0.2) is 5.11 Å². The number of morpholine rings is 1. The van der Waals surface area contributed by atoms with Gasteiger partial charge in [-0.15, -0.1) is 0 Å². The van der Waals surface area contributed by atoms with Gasteiger partial charge in [0.05, 0.1) is 19.3 Å². The molecule has 0 amide bonds. The first kappa shape index (κ1) is 15.2. The molecule has 0 aromatic heterocycles. The normalized spacial score (nSPS) is 17.4. The molecule has 0 radical (unpaired) electrons. The van der Waals surface area contributed by atoms with Crippen LogP contribution >= 0.6 is 12.2 Å². The van der Waals surface area contributed by atoms with Crippen molar-refractivity contribution >= 4 is 17.3 Å². The van der Waals surface area contributed by atoms with Crippen molar-refractivity contribution in [3.8, 4) is 0 Å². The fourth-order valence-corrected chi connectivity index (χ4v) is 2.50. The van der Waals surface area contributed by atoms with Crippen molar-refractivity contribution in [3.05, 3.63) is 35.9 Å².